The molecule has 2 aromatic carbocycles. The maximum atomic E-state index is 12.5. The first-order valence-corrected chi connectivity index (χ1v) is 9.57. The molecule has 0 aliphatic carbocycles. The summed E-state index contributed by atoms with van der Waals surface area (Å²) in [5.41, 5.74) is 1.90. The van der Waals surface area contributed by atoms with Crippen molar-refractivity contribution < 1.29 is 19.8 Å². The molecule has 3 rings (SSSR count). The van der Waals surface area contributed by atoms with Gasteiger partial charge in [0.2, 0.25) is 0 Å². The van der Waals surface area contributed by atoms with Gasteiger partial charge in [0.1, 0.15) is 5.69 Å². The van der Waals surface area contributed by atoms with Crippen LogP contribution in [0, 0.1) is 5.41 Å². The van der Waals surface area contributed by atoms with Crippen LogP contribution in [0.4, 0.5) is 0 Å². The van der Waals surface area contributed by atoms with E-state index in [4.69, 9.17) is 0 Å². The Bertz CT molecular complexity index is 974. The number of benzene rings is 2. The largest absolute Gasteiger partial charge is 0.481 e. The number of carbonyl (C=O) groups is 2. The van der Waals surface area contributed by atoms with Gasteiger partial charge in [-0.25, -0.2) is 0 Å². The number of carboxylic acids is 1. The molecule has 1 amide bonds. The van der Waals surface area contributed by atoms with Crippen molar-refractivity contribution in [2.45, 2.75) is 25.8 Å². The fraction of sp³-hybridized carbons (Fsp3) is 0.273. The second-order valence-corrected chi connectivity index (χ2v) is 7.54. The maximum Gasteiger partial charge on any atom is 0.311 e. The third-order valence-corrected chi connectivity index (χ3v) is 5.10. The smallest absolute Gasteiger partial charge is 0.311 e. The van der Waals surface area contributed by atoms with Gasteiger partial charge in [0.05, 0.1) is 18.2 Å². The number of hydrogen-bond acceptors (Lipinski definition) is 5. The minimum absolute atomic E-state index is 0.0621. The standard InChI is InChI=1S/C22H24N4O4/c1-22(14-27,21(29)30)12-18(24-20(28)19-13-23-26-25-19)11-15-7-9-17(10-8-15)16-5-3-2-4-6-16/h2-10,13,18,27H,11-12,14H2,1H3,(H,24,28)(H,29,30)(H,23,25,26)/t18?,22-/m1/s1. The molecule has 0 aliphatic heterocycles. The van der Waals surface area contributed by atoms with E-state index < -0.39 is 29.9 Å². The van der Waals surface area contributed by atoms with Crippen LogP contribution in [0.3, 0.4) is 0 Å². The van der Waals surface area contributed by atoms with Crippen LogP contribution in [0.1, 0.15) is 29.4 Å². The Morgan fingerprint density at radius 2 is 1.77 bits per heavy atom. The zero-order valence-electron chi connectivity index (χ0n) is 16.6. The third kappa shape index (κ3) is 5.09. The highest BCUT2D eigenvalue weighted by Gasteiger charge is 2.36. The molecule has 1 heterocycles. The number of hydrogen-bond donors (Lipinski definition) is 4. The first-order chi connectivity index (χ1) is 14.4. The van der Waals surface area contributed by atoms with Crippen molar-refractivity contribution in [2.24, 2.45) is 5.41 Å². The number of rotatable bonds is 9. The van der Waals surface area contributed by atoms with Crippen LogP contribution >= 0.6 is 0 Å². The lowest BCUT2D eigenvalue weighted by atomic mass is 9.82. The van der Waals surface area contributed by atoms with Crippen molar-refractivity contribution in [3.8, 4) is 11.1 Å². The van der Waals surface area contributed by atoms with Crippen LogP contribution in [0.15, 0.2) is 60.8 Å². The average molecular weight is 408 g/mol. The molecule has 3 aromatic rings. The molecule has 2 atom stereocenters. The molecule has 0 saturated heterocycles. The summed E-state index contributed by atoms with van der Waals surface area (Å²) >= 11 is 0. The van der Waals surface area contributed by atoms with Gasteiger partial charge in [0.15, 0.2) is 0 Å². The zero-order chi connectivity index (χ0) is 21.6. The average Bonchev–Trinajstić information content (AvgIpc) is 3.30. The Kier molecular flexibility index (Phi) is 6.58. The highest BCUT2D eigenvalue weighted by atomic mass is 16.4. The van der Waals surface area contributed by atoms with Crippen LogP contribution in [-0.4, -0.2) is 50.1 Å². The van der Waals surface area contributed by atoms with Gasteiger partial charge in [-0.05, 0) is 36.5 Å². The number of aliphatic carboxylic acids is 1. The topological polar surface area (TPSA) is 128 Å². The molecular formula is C22H24N4O4. The molecule has 0 fully saturated rings. The molecule has 0 bridgehead atoms. The van der Waals surface area contributed by atoms with Crippen LogP contribution < -0.4 is 5.32 Å². The molecule has 0 radical (unpaired) electrons. The monoisotopic (exact) mass is 408 g/mol. The fourth-order valence-electron chi connectivity index (χ4n) is 3.26. The number of carbonyl (C=O) groups excluding carboxylic acids is 1. The van der Waals surface area contributed by atoms with Gasteiger partial charge < -0.3 is 15.5 Å². The minimum atomic E-state index is -1.38. The number of aromatic amines is 1. The van der Waals surface area contributed by atoms with E-state index in [9.17, 15) is 19.8 Å². The predicted octanol–water partition coefficient (Wildman–Crippen LogP) is 2.29. The van der Waals surface area contributed by atoms with E-state index in [1.165, 1.54) is 13.1 Å². The normalized spacial score (nSPS) is 13.9. The number of nitrogens with one attached hydrogen (secondary N) is 2. The van der Waals surface area contributed by atoms with Crippen molar-refractivity contribution in [3.63, 3.8) is 0 Å². The molecular weight excluding hydrogens is 384 g/mol. The molecule has 1 aromatic heterocycles. The minimum Gasteiger partial charge on any atom is -0.481 e. The number of aliphatic hydroxyl groups is 1. The molecule has 0 spiro atoms. The number of nitrogens with zero attached hydrogens (tertiary/aromatic N) is 2. The molecule has 4 N–H and O–H groups in total. The number of carboxylic acid groups (broad SMARTS) is 1. The fourth-order valence-corrected chi connectivity index (χ4v) is 3.26. The molecule has 8 heteroatoms. The van der Waals surface area contributed by atoms with Crippen LogP contribution in [-0.2, 0) is 11.2 Å². The highest BCUT2D eigenvalue weighted by Crippen LogP contribution is 2.26. The number of aliphatic hydroxyl groups excluding tert-OH is 1. The summed E-state index contributed by atoms with van der Waals surface area (Å²) in [6, 6.07) is 17.3. The molecule has 0 aliphatic rings. The maximum absolute atomic E-state index is 12.5. The molecule has 1 unspecified atom stereocenters. The highest BCUT2D eigenvalue weighted by molar-refractivity contribution is 5.92. The summed E-state index contributed by atoms with van der Waals surface area (Å²) in [7, 11) is 0. The zero-order valence-corrected chi connectivity index (χ0v) is 16.6. The van der Waals surface area contributed by atoms with E-state index in [-0.39, 0.29) is 12.1 Å². The predicted molar refractivity (Wildman–Crippen MR) is 111 cm³/mol. The molecule has 30 heavy (non-hydrogen) atoms. The number of aromatic nitrogens is 3. The van der Waals surface area contributed by atoms with E-state index in [1.54, 1.807) is 0 Å². The van der Waals surface area contributed by atoms with Gasteiger partial charge in [-0.3, -0.25) is 14.7 Å². The first kappa shape index (κ1) is 21.2. The lowest BCUT2D eigenvalue weighted by Gasteiger charge is -2.28. The van der Waals surface area contributed by atoms with Gasteiger partial charge in [-0.2, -0.15) is 0 Å². The number of H-pyrrole nitrogens is 1. The van der Waals surface area contributed by atoms with Crippen molar-refractivity contribution in [2.75, 3.05) is 6.61 Å². The van der Waals surface area contributed by atoms with E-state index >= 15 is 0 Å². The second-order valence-electron chi connectivity index (χ2n) is 7.54. The second kappa shape index (κ2) is 9.32. The van der Waals surface area contributed by atoms with E-state index in [0.29, 0.717) is 6.42 Å². The Morgan fingerprint density at radius 1 is 1.10 bits per heavy atom. The van der Waals surface area contributed by atoms with Crippen LogP contribution in [0.25, 0.3) is 11.1 Å². The van der Waals surface area contributed by atoms with Crippen LogP contribution in [0.2, 0.25) is 0 Å². The Labute approximate surface area is 174 Å². The van der Waals surface area contributed by atoms with E-state index in [1.807, 2.05) is 54.6 Å². The van der Waals surface area contributed by atoms with Crippen molar-refractivity contribution in [3.05, 3.63) is 72.1 Å². The van der Waals surface area contributed by atoms with Gasteiger partial charge in [-0.15, -0.1) is 5.10 Å². The lowest BCUT2D eigenvalue weighted by Crippen LogP contribution is -2.44. The molecule has 8 nitrogen and oxygen atoms in total. The van der Waals surface area contributed by atoms with Gasteiger partial charge >= 0.3 is 5.97 Å². The Hall–Kier alpha value is -3.52. The van der Waals surface area contributed by atoms with Crippen molar-refractivity contribution in [1.29, 1.82) is 0 Å². The molecule has 0 saturated carbocycles. The van der Waals surface area contributed by atoms with E-state index in [2.05, 4.69) is 20.7 Å². The Morgan fingerprint density at radius 3 is 2.33 bits per heavy atom. The van der Waals surface area contributed by atoms with Crippen molar-refractivity contribution in [1.82, 2.24) is 20.7 Å². The number of amides is 1. The first-order valence-electron chi connectivity index (χ1n) is 9.57. The van der Waals surface area contributed by atoms with E-state index in [0.717, 1.165) is 16.7 Å². The van der Waals surface area contributed by atoms with Gasteiger partial charge in [0.25, 0.3) is 5.91 Å². The summed E-state index contributed by atoms with van der Waals surface area (Å²) < 4.78 is 0. The Balaban J connectivity index is 1.79. The lowest BCUT2D eigenvalue weighted by molar-refractivity contribution is -0.151. The van der Waals surface area contributed by atoms with Gasteiger partial charge in [0, 0.05) is 6.04 Å². The third-order valence-electron chi connectivity index (χ3n) is 5.10. The van der Waals surface area contributed by atoms with Gasteiger partial charge in [-0.1, -0.05) is 59.8 Å². The summed E-state index contributed by atoms with van der Waals surface area (Å²) in [5, 5.41) is 31.6. The quantitative estimate of drug-likeness (QED) is 0.430. The molecule has 156 valence electrons. The summed E-state index contributed by atoms with van der Waals surface area (Å²) in [6.45, 7) is 0.929. The summed E-state index contributed by atoms with van der Waals surface area (Å²) in [6.07, 6.45) is 1.77. The summed E-state index contributed by atoms with van der Waals surface area (Å²) in [5.74, 6) is -1.55. The van der Waals surface area contributed by atoms with Crippen LogP contribution in [0.5, 0.6) is 0 Å². The SMILES string of the molecule is C[C@](CO)(CC(Cc1ccc(-c2ccccc2)cc1)NC(=O)c1cnn[nH]1)C(=O)O. The summed E-state index contributed by atoms with van der Waals surface area (Å²) in [4.78, 5) is 24.1. The van der Waals surface area contributed by atoms with Crippen molar-refractivity contribution >= 4 is 11.9 Å².